The molecular formula is C16H22FNO2. The molecule has 1 aliphatic carbocycles. The Balaban J connectivity index is 1.74. The molecule has 2 rings (SSSR count). The molecule has 2 N–H and O–H groups in total. The molecule has 1 aliphatic rings. The van der Waals surface area contributed by atoms with Gasteiger partial charge in [-0.05, 0) is 30.0 Å². The summed E-state index contributed by atoms with van der Waals surface area (Å²) in [6, 6.07) is 4.55. The minimum Gasteiger partial charge on any atom is -0.392 e. The number of hydrogen-bond donors (Lipinski definition) is 2. The largest absolute Gasteiger partial charge is 0.392 e. The monoisotopic (exact) mass is 279 g/mol. The zero-order valence-corrected chi connectivity index (χ0v) is 11.7. The van der Waals surface area contributed by atoms with Gasteiger partial charge in [-0.3, -0.25) is 4.79 Å². The first-order valence-corrected chi connectivity index (χ1v) is 7.34. The first-order valence-electron chi connectivity index (χ1n) is 7.34. The van der Waals surface area contributed by atoms with Crippen molar-refractivity contribution < 1.29 is 14.3 Å². The lowest BCUT2D eigenvalue weighted by atomic mass is 10.0. The van der Waals surface area contributed by atoms with Crippen LogP contribution >= 0.6 is 0 Å². The van der Waals surface area contributed by atoms with E-state index < -0.39 is 5.82 Å². The zero-order valence-electron chi connectivity index (χ0n) is 11.7. The molecule has 3 nitrogen and oxygen atoms in total. The average Bonchev–Trinajstić information content (AvgIpc) is 2.97. The molecule has 0 spiro atoms. The molecule has 1 amide bonds. The standard InChI is InChI=1S/C16H22FNO2/c17-15-7-5-13(9-14(15)11-19)10-18-16(20)8-6-12-3-1-2-4-12/h5,7,9,12,19H,1-4,6,8,10-11H2,(H,18,20). The third-order valence-corrected chi connectivity index (χ3v) is 4.02. The summed E-state index contributed by atoms with van der Waals surface area (Å²) in [5, 5.41) is 11.8. The number of aliphatic hydroxyl groups excluding tert-OH is 1. The van der Waals surface area contributed by atoms with Gasteiger partial charge in [0.15, 0.2) is 0 Å². The number of hydrogen-bond acceptors (Lipinski definition) is 2. The molecule has 0 aromatic heterocycles. The summed E-state index contributed by atoms with van der Waals surface area (Å²) in [4.78, 5) is 11.8. The van der Waals surface area contributed by atoms with Crippen molar-refractivity contribution in [2.75, 3.05) is 0 Å². The lowest BCUT2D eigenvalue weighted by Gasteiger charge is -2.10. The van der Waals surface area contributed by atoms with Crippen LogP contribution in [0.5, 0.6) is 0 Å². The van der Waals surface area contributed by atoms with Gasteiger partial charge in [-0.2, -0.15) is 0 Å². The Labute approximate surface area is 119 Å². The van der Waals surface area contributed by atoms with Crippen LogP contribution in [-0.2, 0) is 17.9 Å². The minimum atomic E-state index is -0.413. The molecule has 1 aromatic carbocycles. The highest BCUT2D eigenvalue weighted by Crippen LogP contribution is 2.28. The van der Waals surface area contributed by atoms with Gasteiger partial charge in [0, 0.05) is 18.5 Å². The van der Waals surface area contributed by atoms with E-state index in [9.17, 15) is 9.18 Å². The normalized spacial score (nSPS) is 15.5. The second-order valence-electron chi connectivity index (χ2n) is 5.55. The molecule has 0 aliphatic heterocycles. The molecule has 0 atom stereocenters. The molecule has 4 heteroatoms. The molecule has 0 bridgehead atoms. The second-order valence-corrected chi connectivity index (χ2v) is 5.55. The number of halogens is 1. The fourth-order valence-electron chi connectivity index (χ4n) is 2.78. The minimum absolute atomic E-state index is 0.0479. The number of nitrogens with one attached hydrogen (secondary N) is 1. The summed E-state index contributed by atoms with van der Waals surface area (Å²) < 4.78 is 13.2. The Bertz CT molecular complexity index is 456. The highest BCUT2D eigenvalue weighted by atomic mass is 19.1. The van der Waals surface area contributed by atoms with Crippen LogP contribution in [0.15, 0.2) is 18.2 Å². The van der Waals surface area contributed by atoms with Gasteiger partial charge < -0.3 is 10.4 Å². The van der Waals surface area contributed by atoms with Gasteiger partial charge in [0.25, 0.3) is 0 Å². The van der Waals surface area contributed by atoms with Crippen LogP contribution in [0.25, 0.3) is 0 Å². The molecule has 1 saturated carbocycles. The third-order valence-electron chi connectivity index (χ3n) is 4.02. The number of carbonyl (C=O) groups excluding carboxylic acids is 1. The van der Waals surface area contributed by atoms with Crippen molar-refractivity contribution in [3.05, 3.63) is 35.1 Å². The Morgan fingerprint density at radius 1 is 1.35 bits per heavy atom. The molecule has 0 heterocycles. The topological polar surface area (TPSA) is 49.3 Å². The lowest BCUT2D eigenvalue weighted by molar-refractivity contribution is -0.121. The summed E-state index contributed by atoms with van der Waals surface area (Å²) in [5.74, 6) is 0.350. The van der Waals surface area contributed by atoms with E-state index in [4.69, 9.17) is 5.11 Å². The highest BCUT2D eigenvalue weighted by Gasteiger charge is 2.16. The second kappa shape index (κ2) is 7.39. The van der Waals surface area contributed by atoms with E-state index in [2.05, 4.69) is 5.32 Å². The van der Waals surface area contributed by atoms with Crippen LogP contribution in [0, 0.1) is 11.7 Å². The summed E-state index contributed by atoms with van der Waals surface area (Å²) in [6.45, 7) is 0.0616. The molecule has 1 fully saturated rings. The molecule has 0 radical (unpaired) electrons. The van der Waals surface area contributed by atoms with Crippen LogP contribution in [0.3, 0.4) is 0 Å². The molecule has 110 valence electrons. The predicted molar refractivity (Wildman–Crippen MR) is 75.4 cm³/mol. The van der Waals surface area contributed by atoms with Crippen molar-refractivity contribution >= 4 is 5.91 Å². The first kappa shape index (κ1) is 15.0. The van der Waals surface area contributed by atoms with Crippen LogP contribution in [0.1, 0.15) is 49.7 Å². The lowest BCUT2D eigenvalue weighted by Crippen LogP contribution is -2.23. The van der Waals surface area contributed by atoms with Gasteiger partial charge in [0.05, 0.1) is 6.61 Å². The van der Waals surface area contributed by atoms with Crippen LogP contribution in [0.4, 0.5) is 4.39 Å². The third kappa shape index (κ3) is 4.30. The number of benzene rings is 1. The molecular weight excluding hydrogens is 257 g/mol. The number of carbonyl (C=O) groups is 1. The van der Waals surface area contributed by atoms with Gasteiger partial charge in [-0.25, -0.2) is 4.39 Å². The summed E-state index contributed by atoms with van der Waals surface area (Å²) >= 11 is 0. The smallest absolute Gasteiger partial charge is 0.220 e. The van der Waals surface area contributed by atoms with Crippen molar-refractivity contribution in [2.24, 2.45) is 5.92 Å². The highest BCUT2D eigenvalue weighted by molar-refractivity contribution is 5.75. The van der Waals surface area contributed by atoms with E-state index in [-0.39, 0.29) is 18.1 Å². The molecule has 1 aromatic rings. The summed E-state index contributed by atoms with van der Waals surface area (Å²) in [5.41, 5.74) is 1.08. The SMILES string of the molecule is O=C(CCC1CCCC1)NCc1ccc(F)c(CO)c1. The number of amides is 1. The van der Waals surface area contributed by atoms with Crippen molar-refractivity contribution in [1.29, 1.82) is 0 Å². The fourth-order valence-corrected chi connectivity index (χ4v) is 2.78. The van der Waals surface area contributed by atoms with Gasteiger partial charge in [-0.15, -0.1) is 0 Å². The maximum atomic E-state index is 13.2. The Hall–Kier alpha value is -1.42. The van der Waals surface area contributed by atoms with E-state index in [1.807, 2.05) is 0 Å². The molecule has 20 heavy (non-hydrogen) atoms. The van der Waals surface area contributed by atoms with E-state index >= 15 is 0 Å². The first-order chi connectivity index (χ1) is 9.69. The van der Waals surface area contributed by atoms with Crippen molar-refractivity contribution in [3.8, 4) is 0 Å². The van der Waals surface area contributed by atoms with Gasteiger partial charge in [0.2, 0.25) is 5.91 Å². The van der Waals surface area contributed by atoms with E-state index in [1.165, 1.54) is 31.7 Å². The van der Waals surface area contributed by atoms with Crippen molar-refractivity contribution in [3.63, 3.8) is 0 Å². The molecule has 0 unspecified atom stereocenters. The fraction of sp³-hybridized carbons (Fsp3) is 0.562. The van der Waals surface area contributed by atoms with E-state index in [1.54, 1.807) is 12.1 Å². The maximum absolute atomic E-state index is 13.2. The molecule has 0 saturated heterocycles. The zero-order chi connectivity index (χ0) is 14.4. The predicted octanol–water partition coefficient (Wildman–Crippen LogP) is 2.90. The van der Waals surface area contributed by atoms with Crippen LogP contribution in [-0.4, -0.2) is 11.0 Å². The number of aliphatic hydroxyl groups is 1. The Morgan fingerprint density at radius 2 is 2.10 bits per heavy atom. The van der Waals surface area contributed by atoms with Crippen LogP contribution in [0.2, 0.25) is 0 Å². The maximum Gasteiger partial charge on any atom is 0.220 e. The average molecular weight is 279 g/mol. The van der Waals surface area contributed by atoms with Crippen molar-refractivity contribution in [2.45, 2.75) is 51.7 Å². The van der Waals surface area contributed by atoms with Gasteiger partial charge >= 0.3 is 0 Å². The Kier molecular flexibility index (Phi) is 5.53. The van der Waals surface area contributed by atoms with Gasteiger partial charge in [0.1, 0.15) is 5.82 Å². The van der Waals surface area contributed by atoms with Crippen molar-refractivity contribution in [1.82, 2.24) is 5.32 Å². The van der Waals surface area contributed by atoms with E-state index in [0.717, 1.165) is 12.0 Å². The van der Waals surface area contributed by atoms with E-state index in [0.29, 0.717) is 18.9 Å². The summed E-state index contributed by atoms with van der Waals surface area (Å²) in [6.07, 6.45) is 6.64. The summed E-state index contributed by atoms with van der Waals surface area (Å²) in [7, 11) is 0. The van der Waals surface area contributed by atoms with Gasteiger partial charge in [-0.1, -0.05) is 31.7 Å². The van der Waals surface area contributed by atoms with Crippen LogP contribution < -0.4 is 5.32 Å². The Morgan fingerprint density at radius 3 is 2.80 bits per heavy atom. The number of rotatable bonds is 6. The quantitative estimate of drug-likeness (QED) is 0.841.